The van der Waals surface area contributed by atoms with Crippen LogP contribution in [-0.2, 0) is 15.7 Å². The van der Waals surface area contributed by atoms with Gasteiger partial charge in [0.05, 0.1) is 6.26 Å². The lowest BCUT2D eigenvalue weighted by Gasteiger charge is -2.33. The molecule has 0 saturated carbocycles. The summed E-state index contributed by atoms with van der Waals surface area (Å²) < 4.78 is 28.1. The highest BCUT2D eigenvalue weighted by Gasteiger charge is 2.44. The first-order valence-corrected chi connectivity index (χ1v) is 12.7. The van der Waals surface area contributed by atoms with Crippen molar-refractivity contribution in [2.45, 2.75) is 17.9 Å². The molecule has 6 nitrogen and oxygen atoms in total. The third kappa shape index (κ3) is 3.88. The molecule has 3 aromatic carbocycles. The number of aliphatic imine (C=N–C) groups is 1. The summed E-state index contributed by atoms with van der Waals surface area (Å²) in [5, 5.41) is 9.99. The SMILES string of the molecule is CS(=O)(=O)Oc1ccc(C2(C3=CC(c4cccc(O)c4)CC=C3)N=C(N)c3ccccc32)cc1. The number of phenolic OH excluding ortho intramolecular Hbond substituents is 1. The Labute approximate surface area is 198 Å². The summed E-state index contributed by atoms with van der Waals surface area (Å²) in [5.74, 6) is 0.962. The van der Waals surface area contributed by atoms with E-state index in [0.29, 0.717) is 5.84 Å². The van der Waals surface area contributed by atoms with Gasteiger partial charge in [0.25, 0.3) is 0 Å². The standard InChI is InChI=1S/C27H24N2O4S/c1-34(31,32)33-23-14-12-20(13-15-23)27(25-11-3-2-10-24(25)26(28)29-27)21-8-4-6-18(16-21)19-7-5-9-22(30)17-19/h2-5,7-18,30H,6H2,1H3,(H2,28,29). The second kappa shape index (κ2) is 8.18. The summed E-state index contributed by atoms with van der Waals surface area (Å²) in [6, 6.07) is 22.1. The minimum Gasteiger partial charge on any atom is -0.508 e. The first-order chi connectivity index (χ1) is 16.3. The molecule has 0 spiro atoms. The van der Waals surface area contributed by atoms with Crippen LogP contribution < -0.4 is 9.92 Å². The summed E-state index contributed by atoms with van der Waals surface area (Å²) in [7, 11) is -3.63. The van der Waals surface area contributed by atoms with Crippen molar-refractivity contribution in [1.29, 1.82) is 0 Å². The van der Waals surface area contributed by atoms with Gasteiger partial charge in [-0.25, -0.2) is 4.99 Å². The molecule has 3 aromatic rings. The molecule has 2 atom stereocenters. The Morgan fingerprint density at radius 2 is 1.82 bits per heavy atom. The normalized spacial score (nSPS) is 21.5. The van der Waals surface area contributed by atoms with Gasteiger partial charge in [0, 0.05) is 11.5 Å². The van der Waals surface area contributed by atoms with Crippen LogP contribution in [0.15, 0.2) is 102 Å². The second-order valence-electron chi connectivity index (χ2n) is 8.53. The fourth-order valence-electron chi connectivity index (χ4n) is 4.77. The van der Waals surface area contributed by atoms with Crippen molar-refractivity contribution in [3.05, 3.63) is 119 Å². The van der Waals surface area contributed by atoms with Crippen LogP contribution in [0.1, 0.15) is 34.6 Å². The number of fused-ring (bicyclic) bond motifs is 1. The largest absolute Gasteiger partial charge is 0.508 e. The monoisotopic (exact) mass is 472 g/mol. The van der Waals surface area contributed by atoms with Crippen molar-refractivity contribution < 1.29 is 17.7 Å². The number of rotatable bonds is 5. The smallest absolute Gasteiger partial charge is 0.306 e. The Hall–Kier alpha value is -3.84. The molecule has 1 aliphatic heterocycles. The zero-order valence-corrected chi connectivity index (χ0v) is 19.4. The first-order valence-electron chi connectivity index (χ1n) is 10.9. The molecule has 2 aliphatic rings. The van der Waals surface area contributed by atoms with Crippen LogP contribution in [0.3, 0.4) is 0 Å². The van der Waals surface area contributed by atoms with E-state index in [4.69, 9.17) is 14.9 Å². The van der Waals surface area contributed by atoms with Crippen molar-refractivity contribution in [2.75, 3.05) is 6.26 Å². The molecular formula is C27H24N2O4S. The fourth-order valence-corrected chi connectivity index (χ4v) is 5.23. The predicted octanol–water partition coefficient (Wildman–Crippen LogP) is 4.36. The van der Waals surface area contributed by atoms with E-state index in [1.54, 1.807) is 24.3 Å². The summed E-state index contributed by atoms with van der Waals surface area (Å²) in [6.45, 7) is 0. The van der Waals surface area contributed by atoms with Gasteiger partial charge in [0.2, 0.25) is 0 Å². The maximum absolute atomic E-state index is 11.6. The number of aromatic hydroxyl groups is 1. The molecule has 3 N–H and O–H groups in total. The third-order valence-electron chi connectivity index (χ3n) is 6.18. The van der Waals surface area contributed by atoms with Crippen molar-refractivity contribution in [3.63, 3.8) is 0 Å². The summed E-state index contributed by atoms with van der Waals surface area (Å²) >= 11 is 0. The Morgan fingerprint density at radius 1 is 1.06 bits per heavy atom. The molecule has 2 unspecified atom stereocenters. The van der Waals surface area contributed by atoms with Crippen molar-refractivity contribution in [1.82, 2.24) is 0 Å². The highest BCUT2D eigenvalue weighted by atomic mass is 32.2. The topological polar surface area (TPSA) is 102 Å². The van der Waals surface area contributed by atoms with Gasteiger partial charge in [0.1, 0.15) is 22.9 Å². The second-order valence-corrected chi connectivity index (χ2v) is 10.1. The number of hydrogen-bond donors (Lipinski definition) is 2. The van der Waals surface area contributed by atoms with Gasteiger partial charge in [-0.2, -0.15) is 8.42 Å². The molecule has 0 radical (unpaired) electrons. The number of benzene rings is 3. The van der Waals surface area contributed by atoms with Crippen molar-refractivity contribution in [3.8, 4) is 11.5 Å². The van der Waals surface area contributed by atoms with Gasteiger partial charge in [-0.15, -0.1) is 0 Å². The molecule has 34 heavy (non-hydrogen) atoms. The van der Waals surface area contributed by atoms with Crippen LogP contribution in [0, 0.1) is 0 Å². The number of allylic oxidation sites excluding steroid dienone is 2. The number of phenols is 1. The van der Waals surface area contributed by atoms with E-state index in [0.717, 1.165) is 40.5 Å². The average molecular weight is 473 g/mol. The zero-order valence-electron chi connectivity index (χ0n) is 18.5. The third-order valence-corrected chi connectivity index (χ3v) is 6.68. The highest BCUT2D eigenvalue weighted by molar-refractivity contribution is 7.86. The van der Waals surface area contributed by atoms with Crippen LogP contribution in [0.25, 0.3) is 0 Å². The lowest BCUT2D eigenvalue weighted by molar-refractivity contribution is 0.474. The Kier molecular flexibility index (Phi) is 5.29. The molecule has 5 rings (SSSR count). The highest BCUT2D eigenvalue weighted by Crippen LogP contribution is 2.49. The maximum atomic E-state index is 11.6. The van der Waals surface area contributed by atoms with E-state index in [1.807, 2.05) is 48.5 Å². The fraction of sp³-hybridized carbons (Fsp3) is 0.148. The summed E-state index contributed by atoms with van der Waals surface area (Å²) in [5.41, 5.74) is 10.1. The van der Waals surface area contributed by atoms with Gasteiger partial charge in [0.15, 0.2) is 0 Å². The minimum absolute atomic E-state index is 0.0565. The Bertz CT molecular complexity index is 1460. The number of nitrogens with zero attached hydrogens (tertiary/aromatic N) is 1. The molecular weight excluding hydrogens is 448 g/mol. The molecule has 172 valence electrons. The van der Waals surface area contributed by atoms with E-state index in [2.05, 4.69) is 18.2 Å². The first kappa shape index (κ1) is 22.0. The molecule has 0 fully saturated rings. The van der Waals surface area contributed by atoms with Crippen LogP contribution in [-0.4, -0.2) is 25.6 Å². The van der Waals surface area contributed by atoms with Gasteiger partial charge < -0.3 is 15.0 Å². The van der Waals surface area contributed by atoms with E-state index in [1.165, 1.54) is 0 Å². The van der Waals surface area contributed by atoms with E-state index < -0.39 is 15.7 Å². The molecule has 1 heterocycles. The van der Waals surface area contributed by atoms with Crippen LogP contribution in [0.4, 0.5) is 0 Å². The maximum Gasteiger partial charge on any atom is 0.306 e. The zero-order chi connectivity index (χ0) is 23.9. The molecule has 0 bridgehead atoms. The molecule has 1 aliphatic carbocycles. The number of hydrogen-bond acceptors (Lipinski definition) is 6. The summed E-state index contributed by atoms with van der Waals surface area (Å²) in [4.78, 5) is 5.00. The van der Waals surface area contributed by atoms with Crippen molar-refractivity contribution in [2.24, 2.45) is 10.7 Å². The Balaban J connectivity index is 1.67. The van der Waals surface area contributed by atoms with Gasteiger partial charge >= 0.3 is 10.1 Å². The lowest BCUT2D eigenvalue weighted by Crippen LogP contribution is -2.27. The lowest BCUT2D eigenvalue weighted by atomic mass is 9.73. The van der Waals surface area contributed by atoms with Crippen LogP contribution >= 0.6 is 0 Å². The van der Waals surface area contributed by atoms with E-state index in [9.17, 15) is 13.5 Å². The molecule has 7 heteroatoms. The molecule has 0 saturated heterocycles. The van der Waals surface area contributed by atoms with Crippen LogP contribution in [0.5, 0.6) is 11.5 Å². The molecule has 0 amide bonds. The average Bonchev–Trinajstić information content (AvgIpc) is 3.12. The van der Waals surface area contributed by atoms with Crippen molar-refractivity contribution >= 4 is 16.0 Å². The van der Waals surface area contributed by atoms with E-state index in [-0.39, 0.29) is 17.4 Å². The number of amidine groups is 1. The van der Waals surface area contributed by atoms with E-state index >= 15 is 0 Å². The predicted molar refractivity (Wildman–Crippen MR) is 133 cm³/mol. The number of nitrogens with two attached hydrogens (primary N) is 1. The Morgan fingerprint density at radius 3 is 2.56 bits per heavy atom. The van der Waals surface area contributed by atoms with Gasteiger partial charge in [-0.1, -0.05) is 66.8 Å². The summed E-state index contributed by atoms with van der Waals surface area (Å²) in [6.07, 6.45) is 8.16. The van der Waals surface area contributed by atoms with Gasteiger partial charge in [-0.3, -0.25) is 0 Å². The minimum atomic E-state index is -3.63. The molecule has 0 aromatic heterocycles. The van der Waals surface area contributed by atoms with Crippen LogP contribution in [0.2, 0.25) is 0 Å². The van der Waals surface area contributed by atoms with Gasteiger partial charge in [-0.05, 0) is 52.9 Å². The quantitative estimate of drug-likeness (QED) is 0.537.